The van der Waals surface area contributed by atoms with Gasteiger partial charge in [-0.25, -0.2) is 0 Å². The van der Waals surface area contributed by atoms with E-state index in [2.05, 4.69) is 50.7 Å². The van der Waals surface area contributed by atoms with Crippen molar-refractivity contribution < 1.29 is 4.74 Å². The molecule has 0 atom stereocenters. The van der Waals surface area contributed by atoms with Gasteiger partial charge in [0, 0.05) is 13.6 Å². The summed E-state index contributed by atoms with van der Waals surface area (Å²) in [6.45, 7) is 5.29. The Hall–Kier alpha value is -2.37. The van der Waals surface area contributed by atoms with Crippen molar-refractivity contribution in [2.75, 3.05) is 30.8 Å². The van der Waals surface area contributed by atoms with E-state index < -0.39 is 0 Å². The molecule has 2 rings (SSSR count). The van der Waals surface area contributed by atoms with Crippen molar-refractivity contribution in [2.24, 2.45) is 0 Å². The molecule has 1 heterocycles. The Balaban J connectivity index is 1.99. The molecule has 0 bridgehead atoms. The Morgan fingerprint density at radius 1 is 1.10 bits per heavy atom. The van der Waals surface area contributed by atoms with Crippen molar-refractivity contribution in [3.8, 4) is 6.01 Å². The first kappa shape index (κ1) is 15.0. The van der Waals surface area contributed by atoms with Crippen LogP contribution in [-0.4, -0.2) is 35.2 Å². The maximum absolute atomic E-state index is 5.33. The molecule has 2 N–H and O–H groups in total. The lowest BCUT2D eigenvalue weighted by Gasteiger charge is -2.09. The van der Waals surface area contributed by atoms with Crippen LogP contribution >= 0.6 is 0 Å². The molecular weight excluding hydrogens is 266 g/mol. The predicted octanol–water partition coefficient (Wildman–Crippen LogP) is 2.28. The van der Waals surface area contributed by atoms with Gasteiger partial charge < -0.3 is 15.4 Å². The molecule has 0 unspecified atom stereocenters. The number of hydrogen-bond acceptors (Lipinski definition) is 6. The Morgan fingerprint density at radius 2 is 1.86 bits per heavy atom. The maximum Gasteiger partial charge on any atom is 0.323 e. The van der Waals surface area contributed by atoms with Gasteiger partial charge in [-0.2, -0.15) is 15.0 Å². The van der Waals surface area contributed by atoms with E-state index in [1.54, 1.807) is 7.05 Å². The fourth-order valence-electron chi connectivity index (χ4n) is 1.94. The monoisotopic (exact) mass is 287 g/mol. The van der Waals surface area contributed by atoms with Crippen LogP contribution in [0.5, 0.6) is 6.01 Å². The van der Waals surface area contributed by atoms with Gasteiger partial charge in [0.2, 0.25) is 11.9 Å². The summed E-state index contributed by atoms with van der Waals surface area (Å²) in [4.78, 5) is 12.6. The molecule has 21 heavy (non-hydrogen) atoms. The van der Waals surface area contributed by atoms with Crippen molar-refractivity contribution in [1.29, 1.82) is 0 Å². The molecule has 0 amide bonds. The third kappa shape index (κ3) is 4.30. The van der Waals surface area contributed by atoms with E-state index in [1.165, 1.54) is 11.1 Å². The predicted molar refractivity (Wildman–Crippen MR) is 83.9 cm³/mol. The Bertz CT molecular complexity index is 588. The largest absolute Gasteiger partial charge is 0.464 e. The molecule has 112 valence electrons. The number of aryl methyl sites for hydroxylation is 1. The van der Waals surface area contributed by atoms with Crippen LogP contribution in [0.25, 0.3) is 0 Å². The summed E-state index contributed by atoms with van der Waals surface area (Å²) in [6.07, 6.45) is 0.914. The number of ether oxygens (including phenoxy) is 1. The summed E-state index contributed by atoms with van der Waals surface area (Å²) in [5.74, 6) is 1.01. The third-order valence-electron chi connectivity index (χ3n) is 3.05. The van der Waals surface area contributed by atoms with Crippen molar-refractivity contribution in [3.05, 3.63) is 35.4 Å². The first-order valence-electron chi connectivity index (χ1n) is 7.08. The van der Waals surface area contributed by atoms with Crippen LogP contribution in [0.15, 0.2) is 24.3 Å². The van der Waals surface area contributed by atoms with Gasteiger partial charge >= 0.3 is 6.01 Å². The second-order valence-electron chi connectivity index (χ2n) is 4.55. The van der Waals surface area contributed by atoms with Gasteiger partial charge in [0.1, 0.15) is 0 Å². The average Bonchev–Trinajstić information content (AvgIpc) is 2.49. The van der Waals surface area contributed by atoms with Crippen LogP contribution in [0.1, 0.15) is 18.1 Å². The van der Waals surface area contributed by atoms with Gasteiger partial charge in [-0.1, -0.05) is 24.3 Å². The van der Waals surface area contributed by atoms with Gasteiger partial charge in [0.05, 0.1) is 6.61 Å². The van der Waals surface area contributed by atoms with E-state index in [-0.39, 0.29) is 0 Å². The van der Waals surface area contributed by atoms with Crippen LogP contribution in [0.3, 0.4) is 0 Å². The topological polar surface area (TPSA) is 72.0 Å². The quantitative estimate of drug-likeness (QED) is 0.814. The average molecular weight is 287 g/mol. The molecular formula is C15H21N5O. The number of benzene rings is 1. The maximum atomic E-state index is 5.33. The zero-order chi connectivity index (χ0) is 15.1. The Kier molecular flexibility index (Phi) is 5.31. The second kappa shape index (κ2) is 7.42. The van der Waals surface area contributed by atoms with E-state index >= 15 is 0 Å². The number of rotatable bonds is 7. The first-order chi connectivity index (χ1) is 10.2. The summed E-state index contributed by atoms with van der Waals surface area (Å²) in [5.41, 5.74) is 2.61. The van der Waals surface area contributed by atoms with Crippen LogP contribution in [-0.2, 0) is 6.42 Å². The molecule has 6 nitrogen and oxygen atoms in total. The summed E-state index contributed by atoms with van der Waals surface area (Å²) >= 11 is 0. The smallest absolute Gasteiger partial charge is 0.323 e. The molecule has 6 heteroatoms. The zero-order valence-electron chi connectivity index (χ0n) is 12.7. The molecule has 0 fully saturated rings. The zero-order valence-corrected chi connectivity index (χ0v) is 12.7. The normalized spacial score (nSPS) is 10.2. The highest BCUT2D eigenvalue weighted by atomic mass is 16.5. The summed E-state index contributed by atoms with van der Waals surface area (Å²) < 4.78 is 5.33. The van der Waals surface area contributed by atoms with Gasteiger partial charge in [0.25, 0.3) is 0 Å². The van der Waals surface area contributed by atoms with Gasteiger partial charge in [-0.3, -0.25) is 0 Å². The molecule has 1 aromatic heterocycles. The minimum Gasteiger partial charge on any atom is -0.464 e. The molecule has 0 saturated carbocycles. The first-order valence-corrected chi connectivity index (χ1v) is 7.08. The molecule has 0 aliphatic rings. The highest BCUT2D eigenvalue weighted by Gasteiger charge is 2.06. The molecule has 0 aliphatic heterocycles. The van der Waals surface area contributed by atoms with Crippen LogP contribution in [0, 0.1) is 6.92 Å². The number of anilines is 2. The molecule has 2 aromatic rings. The highest BCUT2D eigenvalue weighted by molar-refractivity contribution is 5.36. The summed E-state index contributed by atoms with van der Waals surface area (Å²) in [5, 5.41) is 6.11. The number of hydrogen-bond donors (Lipinski definition) is 2. The second-order valence-corrected chi connectivity index (χ2v) is 4.55. The van der Waals surface area contributed by atoms with Crippen LogP contribution in [0.2, 0.25) is 0 Å². The van der Waals surface area contributed by atoms with Gasteiger partial charge in [-0.15, -0.1) is 0 Å². The lowest BCUT2D eigenvalue weighted by molar-refractivity contribution is 0.312. The van der Waals surface area contributed by atoms with E-state index in [4.69, 9.17) is 4.74 Å². The molecule has 0 aliphatic carbocycles. The van der Waals surface area contributed by atoms with Gasteiger partial charge in [0.15, 0.2) is 0 Å². The SMILES string of the molecule is CCOc1nc(NC)nc(NCCc2ccccc2C)n1. The van der Waals surface area contributed by atoms with Crippen molar-refractivity contribution >= 4 is 11.9 Å². The van der Waals surface area contributed by atoms with Crippen molar-refractivity contribution in [1.82, 2.24) is 15.0 Å². The lowest BCUT2D eigenvalue weighted by atomic mass is 10.1. The Morgan fingerprint density at radius 3 is 2.57 bits per heavy atom. The van der Waals surface area contributed by atoms with E-state index in [1.807, 2.05) is 13.0 Å². The third-order valence-corrected chi connectivity index (χ3v) is 3.05. The van der Waals surface area contributed by atoms with E-state index in [0.717, 1.165) is 13.0 Å². The molecule has 0 saturated heterocycles. The van der Waals surface area contributed by atoms with Crippen molar-refractivity contribution in [2.45, 2.75) is 20.3 Å². The van der Waals surface area contributed by atoms with E-state index in [0.29, 0.717) is 24.5 Å². The molecule has 0 radical (unpaired) electrons. The Labute approximate surface area is 125 Å². The molecule has 0 spiro atoms. The van der Waals surface area contributed by atoms with E-state index in [9.17, 15) is 0 Å². The minimum atomic E-state index is 0.329. The highest BCUT2D eigenvalue weighted by Crippen LogP contribution is 2.12. The number of nitrogens with one attached hydrogen (secondary N) is 2. The summed E-state index contributed by atoms with van der Waals surface area (Å²) in [6, 6.07) is 8.68. The van der Waals surface area contributed by atoms with Gasteiger partial charge in [-0.05, 0) is 31.4 Å². The fourth-order valence-corrected chi connectivity index (χ4v) is 1.94. The minimum absolute atomic E-state index is 0.329. The molecule has 1 aromatic carbocycles. The standard InChI is InChI=1S/C15H21N5O/c1-4-21-15-19-13(16-3)18-14(20-15)17-10-9-12-8-6-5-7-11(12)2/h5-8H,4,9-10H2,1-3H3,(H2,16,17,18,19,20). The summed E-state index contributed by atoms with van der Waals surface area (Å²) in [7, 11) is 1.77. The van der Waals surface area contributed by atoms with Crippen LogP contribution < -0.4 is 15.4 Å². The number of nitrogens with zero attached hydrogens (tertiary/aromatic N) is 3. The van der Waals surface area contributed by atoms with Crippen molar-refractivity contribution in [3.63, 3.8) is 0 Å². The fraction of sp³-hybridized carbons (Fsp3) is 0.400. The van der Waals surface area contributed by atoms with Crippen LogP contribution in [0.4, 0.5) is 11.9 Å². The number of aromatic nitrogens is 3. The lowest BCUT2D eigenvalue weighted by Crippen LogP contribution is -2.12.